The van der Waals surface area contributed by atoms with Gasteiger partial charge >= 0.3 is 0 Å². The minimum atomic E-state index is 0. The zero-order valence-electron chi connectivity index (χ0n) is 14.7. The van der Waals surface area contributed by atoms with Gasteiger partial charge in [-0.1, -0.05) is 18.9 Å². The van der Waals surface area contributed by atoms with Crippen molar-refractivity contribution >= 4 is 29.9 Å². The van der Waals surface area contributed by atoms with Gasteiger partial charge in [0.25, 0.3) is 0 Å². The first-order valence-electron chi connectivity index (χ1n) is 8.92. The van der Waals surface area contributed by atoms with Gasteiger partial charge in [-0.25, -0.2) is 0 Å². The van der Waals surface area contributed by atoms with Gasteiger partial charge in [0.05, 0.1) is 6.10 Å². The molecular weight excluding hydrogens is 415 g/mol. The maximum Gasteiger partial charge on any atom is 0.191 e. The highest BCUT2D eigenvalue weighted by Crippen LogP contribution is 2.20. The van der Waals surface area contributed by atoms with Gasteiger partial charge in [0, 0.05) is 44.6 Å². The molecule has 136 valence electrons. The molecule has 6 heteroatoms. The average molecular weight is 446 g/mol. The fourth-order valence-electron chi connectivity index (χ4n) is 2.76. The van der Waals surface area contributed by atoms with Crippen molar-refractivity contribution in [2.24, 2.45) is 4.99 Å². The Balaban J connectivity index is 0.00000288. The Morgan fingerprint density at radius 1 is 1.29 bits per heavy atom. The summed E-state index contributed by atoms with van der Waals surface area (Å²) in [4.78, 5) is 8.93. The summed E-state index contributed by atoms with van der Waals surface area (Å²) in [7, 11) is 0. The highest BCUT2D eigenvalue weighted by molar-refractivity contribution is 14.0. The van der Waals surface area contributed by atoms with Crippen LogP contribution in [0.25, 0.3) is 0 Å². The highest BCUT2D eigenvalue weighted by Gasteiger charge is 2.14. The number of halogens is 1. The van der Waals surface area contributed by atoms with E-state index in [2.05, 4.69) is 27.5 Å². The van der Waals surface area contributed by atoms with Crippen molar-refractivity contribution in [2.75, 3.05) is 26.2 Å². The second kappa shape index (κ2) is 13.4. The van der Waals surface area contributed by atoms with Crippen molar-refractivity contribution in [3.63, 3.8) is 0 Å². The van der Waals surface area contributed by atoms with Crippen molar-refractivity contribution in [2.45, 2.75) is 51.6 Å². The van der Waals surface area contributed by atoms with Gasteiger partial charge in [0.2, 0.25) is 0 Å². The van der Waals surface area contributed by atoms with Crippen molar-refractivity contribution in [1.29, 1.82) is 0 Å². The summed E-state index contributed by atoms with van der Waals surface area (Å²) in [6, 6.07) is 6.01. The van der Waals surface area contributed by atoms with Crippen LogP contribution in [0, 0.1) is 0 Å². The van der Waals surface area contributed by atoms with Gasteiger partial charge in [-0.15, -0.1) is 24.0 Å². The van der Waals surface area contributed by atoms with Gasteiger partial charge in [-0.05, 0) is 38.3 Å². The normalized spacial score (nSPS) is 15.1. The molecule has 0 atom stereocenters. The summed E-state index contributed by atoms with van der Waals surface area (Å²) in [5, 5.41) is 6.64. The number of rotatable bonds is 9. The standard InChI is InChI=1S/C18H30N4O.HI/c1-2-19-18(22-14-11-16-8-5-6-12-20-16)21-13-7-15-23-17-9-3-4-10-17;/h5-6,8,12,17H,2-4,7,9-11,13-15H2,1H3,(H2,19,21,22);1H. The van der Waals surface area contributed by atoms with Crippen LogP contribution in [0.4, 0.5) is 0 Å². The van der Waals surface area contributed by atoms with Gasteiger partial charge in [0.15, 0.2) is 5.96 Å². The lowest BCUT2D eigenvalue weighted by molar-refractivity contribution is 0.0579. The molecule has 0 amide bonds. The molecule has 0 aromatic carbocycles. The molecule has 1 aromatic heterocycles. The lowest BCUT2D eigenvalue weighted by Crippen LogP contribution is -2.38. The monoisotopic (exact) mass is 446 g/mol. The van der Waals surface area contributed by atoms with Crippen LogP contribution in [0.5, 0.6) is 0 Å². The van der Waals surface area contributed by atoms with Gasteiger partial charge in [-0.2, -0.15) is 0 Å². The SMILES string of the molecule is CCNC(=NCCCOC1CCCC1)NCCc1ccccn1.I. The van der Waals surface area contributed by atoms with E-state index in [1.54, 1.807) is 0 Å². The first-order chi connectivity index (χ1) is 11.4. The third-order valence-corrected chi connectivity index (χ3v) is 3.97. The fraction of sp³-hybridized carbons (Fsp3) is 0.667. The molecule has 1 heterocycles. The molecule has 2 rings (SSSR count). The number of nitrogens with zero attached hydrogens (tertiary/aromatic N) is 2. The van der Waals surface area contributed by atoms with E-state index in [-0.39, 0.29) is 24.0 Å². The molecule has 0 saturated heterocycles. The molecule has 0 unspecified atom stereocenters. The van der Waals surface area contributed by atoms with E-state index in [4.69, 9.17) is 4.74 Å². The third-order valence-electron chi connectivity index (χ3n) is 3.97. The van der Waals surface area contributed by atoms with Crippen LogP contribution < -0.4 is 10.6 Å². The van der Waals surface area contributed by atoms with E-state index in [0.29, 0.717) is 6.10 Å². The average Bonchev–Trinajstić information content (AvgIpc) is 3.09. The largest absolute Gasteiger partial charge is 0.378 e. The summed E-state index contributed by atoms with van der Waals surface area (Å²) in [6.45, 7) is 5.40. The first kappa shape index (κ1) is 21.2. The van der Waals surface area contributed by atoms with E-state index in [9.17, 15) is 0 Å². The molecule has 0 spiro atoms. The Morgan fingerprint density at radius 3 is 2.83 bits per heavy atom. The zero-order chi connectivity index (χ0) is 16.2. The van der Waals surface area contributed by atoms with Crippen LogP contribution in [0.15, 0.2) is 29.4 Å². The van der Waals surface area contributed by atoms with Crippen LogP contribution in [0.1, 0.15) is 44.7 Å². The molecule has 1 aliphatic rings. The van der Waals surface area contributed by atoms with Crippen LogP contribution in [0.2, 0.25) is 0 Å². The van der Waals surface area contributed by atoms with E-state index >= 15 is 0 Å². The van der Waals surface area contributed by atoms with Crippen LogP contribution in [-0.4, -0.2) is 43.3 Å². The first-order valence-corrected chi connectivity index (χ1v) is 8.92. The number of hydrogen-bond acceptors (Lipinski definition) is 3. The van der Waals surface area contributed by atoms with Crippen molar-refractivity contribution in [3.05, 3.63) is 30.1 Å². The Morgan fingerprint density at radius 2 is 2.12 bits per heavy atom. The summed E-state index contributed by atoms with van der Waals surface area (Å²) < 4.78 is 5.87. The van der Waals surface area contributed by atoms with Crippen molar-refractivity contribution in [3.8, 4) is 0 Å². The van der Waals surface area contributed by atoms with E-state index in [0.717, 1.165) is 50.7 Å². The number of nitrogens with one attached hydrogen (secondary N) is 2. The fourth-order valence-corrected chi connectivity index (χ4v) is 2.76. The number of guanidine groups is 1. The van der Waals surface area contributed by atoms with Crippen molar-refractivity contribution < 1.29 is 4.74 Å². The Labute approximate surface area is 163 Å². The molecule has 0 bridgehead atoms. The van der Waals surface area contributed by atoms with Gasteiger partial charge in [0.1, 0.15) is 0 Å². The smallest absolute Gasteiger partial charge is 0.191 e. The number of hydrogen-bond donors (Lipinski definition) is 2. The van der Waals surface area contributed by atoms with Gasteiger partial charge < -0.3 is 15.4 Å². The predicted octanol–water partition coefficient (Wildman–Crippen LogP) is 3.15. The summed E-state index contributed by atoms with van der Waals surface area (Å²) in [5.74, 6) is 0.879. The third kappa shape index (κ3) is 8.82. The lowest BCUT2D eigenvalue weighted by atomic mass is 10.3. The topological polar surface area (TPSA) is 58.5 Å². The predicted molar refractivity (Wildman–Crippen MR) is 110 cm³/mol. The Kier molecular flexibility index (Phi) is 11.8. The van der Waals surface area contributed by atoms with Crippen molar-refractivity contribution in [1.82, 2.24) is 15.6 Å². The molecule has 1 aliphatic carbocycles. The van der Waals surface area contributed by atoms with Crippen LogP contribution in [0.3, 0.4) is 0 Å². The maximum atomic E-state index is 5.87. The molecule has 24 heavy (non-hydrogen) atoms. The number of ether oxygens (including phenoxy) is 1. The number of aliphatic imine (C=N–C) groups is 1. The Bertz CT molecular complexity index is 450. The van der Waals surface area contributed by atoms with Crippen LogP contribution in [-0.2, 0) is 11.2 Å². The summed E-state index contributed by atoms with van der Waals surface area (Å²) >= 11 is 0. The molecule has 1 aromatic rings. The maximum absolute atomic E-state index is 5.87. The molecule has 1 saturated carbocycles. The molecule has 0 aliphatic heterocycles. The number of aromatic nitrogens is 1. The zero-order valence-corrected chi connectivity index (χ0v) is 17.0. The van der Waals surface area contributed by atoms with Gasteiger partial charge in [-0.3, -0.25) is 9.98 Å². The van der Waals surface area contributed by atoms with E-state index in [1.807, 2.05) is 24.4 Å². The molecule has 2 N–H and O–H groups in total. The minimum Gasteiger partial charge on any atom is -0.378 e. The molecular formula is C18H31IN4O. The summed E-state index contributed by atoms with van der Waals surface area (Å²) in [5.41, 5.74) is 1.10. The number of pyridine rings is 1. The second-order valence-corrected chi connectivity index (χ2v) is 5.89. The summed E-state index contributed by atoms with van der Waals surface area (Å²) in [6.07, 6.45) is 9.34. The lowest BCUT2D eigenvalue weighted by Gasteiger charge is -2.12. The second-order valence-electron chi connectivity index (χ2n) is 5.89. The van der Waals surface area contributed by atoms with Crippen LogP contribution >= 0.6 is 24.0 Å². The highest BCUT2D eigenvalue weighted by atomic mass is 127. The Hall–Kier alpha value is -0.890. The molecule has 5 nitrogen and oxygen atoms in total. The minimum absolute atomic E-state index is 0. The van der Waals surface area contributed by atoms with E-state index < -0.39 is 0 Å². The quantitative estimate of drug-likeness (QED) is 0.265. The molecule has 1 fully saturated rings. The van der Waals surface area contributed by atoms with E-state index in [1.165, 1.54) is 25.7 Å². The molecule has 0 radical (unpaired) electrons.